The smallest absolute Gasteiger partial charge is 0.335 e. The molecule has 130 valence electrons. The number of aromatic carboxylic acids is 1. The molecule has 1 aliphatic carbocycles. The summed E-state index contributed by atoms with van der Waals surface area (Å²) in [5, 5.41) is 13.1. The van der Waals surface area contributed by atoms with Gasteiger partial charge in [0.25, 0.3) is 0 Å². The van der Waals surface area contributed by atoms with Gasteiger partial charge in [0, 0.05) is 5.69 Å². The third-order valence-electron chi connectivity index (χ3n) is 6.02. The minimum Gasteiger partial charge on any atom is -0.478 e. The molecule has 4 rings (SSSR count). The first-order valence-electron chi connectivity index (χ1n) is 9.31. The summed E-state index contributed by atoms with van der Waals surface area (Å²) in [7, 11) is 0. The molecule has 3 nitrogen and oxygen atoms in total. The lowest BCUT2D eigenvalue weighted by Gasteiger charge is -2.38. The van der Waals surface area contributed by atoms with Crippen LogP contribution >= 0.6 is 0 Å². The normalized spacial score (nSPS) is 24.3. The third kappa shape index (κ3) is 2.72. The standard InChI is InChI=1S/C22H25NO2/c1-3-14-12-15(22(24)25)8-9-16(14)21-18-6-4-5-17(18)19-11-13(2)7-10-20(19)23-21/h7-12,17-18,21,23H,3-6H2,1-2H3,(H,24,25)/t17-,18+,21+/m1/s1. The molecule has 0 bridgehead atoms. The van der Waals surface area contributed by atoms with Gasteiger partial charge in [0.1, 0.15) is 0 Å². The van der Waals surface area contributed by atoms with Crippen LogP contribution in [0.5, 0.6) is 0 Å². The van der Waals surface area contributed by atoms with Gasteiger partial charge in [-0.05, 0) is 72.9 Å². The summed E-state index contributed by atoms with van der Waals surface area (Å²) in [4.78, 5) is 11.3. The molecule has 0 aromatic heterocycles. The van der Waals surface area contributed by atoms with E-state index in [0.29, 0.717) is 17.4 Å². The van der Waals surface area contributed by atoms with Gasteiger partial charge < -0.3 is 10.4 Å². The lowest BCUT2D eigenvalue weighted by Crippen LogP contribution is -2.29. The number of carbonyl (C=O) groups is 1. The molecular weight excluding hydrogens is 310 g/mol. The molecule has 3 heteroatoms. The molecule has 1 fully saturated rings. The molecule has 0 radical (unpaired) electrons. The van der Waals surface area contributed by atoms with E-state index in [-0.39, 0.29) is 6.04 Å². The van der Waals surface area contributed by atoms with Gasteiger partial charge in [-0.1, -0.05) is 37.1 Å². The lowest BCUT2D eigenvalue weighted by molar-refractivity contribution is 0.0696. The molecule has 2 N–H and O–H groups in total. The van der Waals surface area contributed by atoms with Gasteiger partial charge in [0.05, 0.1) is 11.6 Å². The van der Waals surface area contributed by atoms with Crippen LogP contribution < -0.4 is 5.32 Å². The Kier molecular flexibility index (Phi) is 4.03. The Morgan fingerprint density at radius 2 is 2.00 bits per heavy atom. The molecule has 0 amide bonds. The number of hydrogen-bond acceptors (Lipinski definition) is 2. The van der Waals surface area contributed by atoms with Gasteiger partial charge in [-0.25, -0.2) is 4.79 Å². The molecule has 1 aliphatic heterocycles. The first-order valence-corrected chi connectivity index (χ1v) is 9.31. The van der Waals surface area contributed by atoms with Crippen LogP contribution in [-0.4, -0.2) is 11.1 Å². The van der Waals surface area contributed by atoms with Crippen LogP contribution in [0.4, 0.5) is 5.69 Å². The summed E-state index contributed by atoms with van der Waals surface area (Å²) in [5.41, 5.74) is 6.86. The number of rotatable bonds is 3. The molecule has 25 heavy (non-hydrogen) atoms. The zero-order chi connectivity index (χ0) is 17.6. The maximum Gasteiger partial charge on any atom is 0.335 e. The molecule has 1 saturated carbocycles. The number of hydrogen-bond donors (Lipinski definition) is 2. The molecule has 2 aromatic carbocycles. The lowest BCUT2D eigenvalue weighted by atomic mass is 9.76. The van der Waals surface area contributed by atoms with Crippen LogP contribution in [0.1, 0.15) is 70.8 Å². The molecule has 0 spiro atoms. The zero-order valence-electron chi connectivity index (χ0n) is 14.9. The highest BCUT2D eigenvalue weighted by Gasteiger charge is 2.40. The highest BCUT2D eigenvalue weighted by molar-refractivity contribution is 5.88. The van der Waals surface area contributed by atoms with E-state index in [1.807, 2.05) is 12.1 Å². The predicted octanol–water partition coefficient (Wildman–Crippen LogP) is 5.31. The average molecular weight is 335 g/mol. The van der Waals surface area contributed by atoms with Gasteiger partial charge in [-0.2, -0.15) is 0 Å². The maximum absolute atomic E-state index is 11.3. The molecule has 2 aromatic rings. The topological polar surface area (TPSA) is 49.3 Å². The highest BCUT2D eigenvalue weighted by Crippen LogP contribution is 2.53. The molecule has 1 heterocycles. The van der Waals surface area contributed by atoms with E-state index in [1.54, 1.807) is 6.07 Å². The Morgan fingerprint density at radius 1 is 1.16 bits per heavy atom. The highest BCUT2D eigenvalue weighted by atomic mass is 16.4. The van der Waals surface area contributed by atoms with Crippen molar-refractivity contribution in [2.24, 2.45) is 5.92 Å². The number of anilines is 1. The summed E-state index contributed by atoms with van der Waals surface area (Å²) in [6.45, 7) is 4.27. The first kappa shape index (κ1) is 16.2. The van der Waals surface area contributed by atoms with Crippen LogP contribution in [0, 0.1) is 12.8 Å². The van der Waals surface area contributed by atoms with Crippen LogP contribution in [0.3, 0.4) is 0 Å². The maximum atomic E-state index is 11.3. The fourth-order valence-corrected chi connectivity index (χ4v) is 4.83. The van der Waals surface area contributed by atoms with Gasteiger partial charge in [0.15, 0.2) is 0 Å². The summed E-state index contributed by atoms with van der Waals surface area (Å²) >= 11 is 0. The molecule has 2 aliphatic rings. The van der Waals surface area contributed by atoms with Crippen molar-refractivity contribution in [3.63, 3.8) is 0 Å². The van der Waals surface area contributed by atoms with Crippen molar-refractivity contribution < 1.29 is 9.90 Å². The Labute approximate surface area is 149 Å². The van der Waals surface area contributed by atoms with Crippen molar-refractivity contribution in [2.75, 3.05) is 5.32 Å². The summed E-state index contributed by atoms with van der Waals surface area (Å²) in [6, 6.07) is 12.7. The van der Waals surface area contributed by atoms with Gasteiger partial charge in [0.2, 0.25) is 0 Å². The monoisotopic (exact) mass is 335 g/mol. The fraction of sp³-hybridized carbons (Fsp3) is 0.409. The number of aryl methyl sites for hydroxylation is 2. The van der Waals surface area contributed by atoms with Crippen LogP contribution in [0.25, 0.3) is 0 Å². The van der Waals surface area contributed by atoms with Crippen LogP contribution in [0.2, 0.25) is 0 Å². The second-order valence-corrected chi connectivity index (χ2v) is 7.49. The average Bonchev–Trinajstić information content (AvgIpc) is 3.10. The first-order chi connectivity index (χ1) is 12.1. The third-order valence-corrected chi connectivity index (χ3v) is 6.02. The second kappa shape index (κ2) is 6.21. The van der Waals surface area contributed by atoms with E-state index in [2.05, 4.69) is 37.4 Å². The van der Waals surface area contributed by atoms with Crippen molar-refractivity contribution >= 4 is 11.7 Å². The summed E-state index contributed by atoms with van der Waals surface area (Å²) in [5.74, 6) is 0.359. The summed E-state index contributed by atoms with van der Waals surface area (Å²) in [6.07, 6.45) is 4.62. The van der Waals surface area contributed by atoms with Crippen LogP contribution in [0.15, 0.2) is 36.4 Å². The Bertz CT molecular complexity index is 827. The number of nitrogens with one attached hydrogen (secondary N) is 1. The Morgan fingerprint density at radius 3 is 2.76 bits per heavy atom. The largest absolute Gasteiger partial charge is 0.478 e. The van der Waals surface area contributed by atoms with Crippen molar-refractivity contribution in [3.8, 4) is 0 Å². The second-order valence-electron chi connectivity index (χ2n) is 7.49. The predicted molar refractivity (Wildman–Crippen MR) is 100 cm³/mol. The minimum absolute atomic E-state index is 0.278. The van der Waals surface area contributed by atoms with E-state index < -0.39 is 5.97 Å². The van der Waals surface area contributed by atoms with Crippen molar-refractivity contribution in [1.29, 1.82) is 0 Å². The van der Waals surface area contributed by atoms with E-state index in [1.165, 1.54) is 41.6 Å². The number of carboxylic acid groups (broad SMARTS) is 1. The number of carboxylic acids is 1. The molecular formula is C22H25NO2. The quantitative estimate of drug-likeness (QED) is 0.799. The molecule has 0 unspecified atom stereocenters. The van der Waals surface area contributed by atoms with Crippen molar-refractivity contribution in [3.05, 3.63) is 64.2 Å². The van der Waals surface area contributed by atoms with E-state index in [4.69, 9.17) is 0 Å². The van der Waals surface area contributed by atoms with E-state index in [0.717, 1.165) is 12.0 Å². The fourth-order valence-electron chi connectivity index (χ4n) is 4.83. The van der Waals surface area contributed by atoms with Crippen molar-refractivity contribution in [1.82, 2.24) is 0 Å². The molecule has 3 atom stereocenters. The minimum atomic E-state index is -0.850. The Balaban J connectivity index is 1.78. The summed E-state index contributed by atoms with van der Waals surface area (Å²) < 4.78 is 0. The molecule has 0 saturated heterocycles. The van der Waals surface area contributed by atoms with Gasteiger partial charge in [-0.3, -0.25) is 0 Å². The zero-order valence-corrected chi connectivity index (χ0v) is 14.9. The van der Waals surface area contributed by atoms with Gasteiger partial charge in [-0.15, -0.1) is 0 Å². The number of benzene rings is 2. The van der Waals surface area contributed by atoms with Crippen molar-refractivity contribution in [2.45, 2.75) is 51.5 Å². The SMILES string of the molecule is CCc1cc(C(=O)O)ccc1[C@@H]1Nc2ccc(C)cc2[C@@H]2CCC[C@@H]21. The van der Waals surface area contributed by atoms with Crippen LogP contribution in [-0.2, 0) is 6.42 Å². The Hall–Kier alpha value is -2.29. The number of fused-ring (bicyclic) bond motifs is 3. The van der Waals surface area contributed by atoms with E-state index in [9.17, 15) is 9.90 Å². The van der Waals surface area contributed by atoms with Gasteiger partial charge >= 0.3 is 5.97 Å². The van der Waals surface area contributed by atoms with E-state index >= 15 is 0 Å².